The molecule has 7 heteroatoms. The van der Waals surface area contributed by atoms with E-state index in [9.17, 15) is 0 Å². The van der Waals surface area contributed by atoms with E-state index < -0.39 is 0 Å². The van der Waals surface area contributed by atoms with Crippen molar-refractivity contribution in [3.8, 4) is 11.6 Å². The topological polar surface area (TPSA) is 82.2 Å². The fraction of sp³-hybridized carbons (Fsp3) is 0.250. The second-order valence-electron chi connectivity index (χ2n) is 7.37. The van der Waals surface area contributed by atoms with E-state index in [1.165, 1.54) is 15.6 Å². The third kappa shape index (κ3) is 3.68. The first-order valence-electron chi connectivity index (χ1n) is 8.69. The molecular formula is C20H21N5OS. The summed E-state index contributed by atoms with van der Waals surface area (Å²) >= 11 is 1.63. The molecule has 0 bridgehead atoms. The van der Waals surface area contributed by atoms with E-state index in [4.69, 9.17) is 10.2 Å². The molecule has 2 N–H and O–H groups in total. The first kappa shape index (κ1) is 17.6. The van der Waals surface area contributed by atoms with Gasteiger partial charge < -0.3 is 10.2 Å². The van der Waals surface area contributed by atoms with Crippen molar-refractivity contribution in [2.45, 2.75) is 37.0 Å². The highest BCUT2D eigenvalue weighted by atomic mass is 32.2. The van der Waals surface area contributed by atoms with Gasteiger partial charge in [0.25, 0.3) is 0 Å². The fourth-order valence-electron chi connectivity index (χ4n) is 2.73. The number of thioether (sulfide) groups is 1. The van der Waals surface area contributed by atoms with Gasteiger partial charge in [-0.25, -0.2) is 9.97 Å². The van der Waals surface area contributed by atoms with Crippen LogP contribution in [-0.4, -0.2) is 19.6 Å². The highest BCUT2D eigenvalue weighted by Crippen LogP contribution is 2.27. The van der Waals surface area contributed by atoms with Gasteiger partial charge in [-0.15, -0.1) is 16.9 Å². The van der Waals surface area contributed by atoms with Gasteiger partial charge in [-0.05, 0) is 28.7 Å². The van der Waals surface area contributed by atoms with E-state index in [-0.39, 0.29) is 5.41 Å². The largest absolute Gasteiger partial charge is 0.461 e. The van der Waals surface area contributed by atoms with Gasteiger partial charge in [-0.2, -0.15) is 4.52 Å². The van der Waals surface area contributed by atoms with Crippen molar-refractivity contribution >= 4 is 23.4 Å². The summed E-state index contributed by atoms with van der Waals surface area (Å²) in [6.45, 7) is 6.65. The molecule has 3 aromatic heterocycles. The molecule has 138 valence electrons. The first-order chi connectivity index (χ1) is 12.9. The molecule has 6 nitrogen and oxygen atoms in total. The molecule has 4 rings (SSSR count). The Morgan fingerprint density at radius 2 is 1.89 bits per heavy atom. The maximum absolute atomic E-state index is 6.07. The van der Waals surface area contributed by atoms with Crippen LogP contribution in [0.25, 0.3) is 17.2 Å². The lowest BCUT2D eigenvalue weighted by molar-refractivity contribution is 0.577. The highest BCUT2D eigenvalue weighted by molar-refractivity contribution is 7.98. The Labute approximate surface area is 161 Å². The predicted octanol–water partition coefficient (Wildman–Crippen LogP) is 4.56. The number of rotatable bonds is 4. The Hall–Kier alpha value is -2.80. The molecule has 0 aliphatic heterocycles. The van der Waals surface area contributed by atoms with Crippen LogP contribution < -0.4 is 5.73 Å². The summed E-state index contributed by atoms with van der Waals surface area (Å²) in [6, 6.07) is 14.2. The lowest BCUT2D eigenvalue weighted by Crippen LogP contribution is -2.10. The lowest BCUT2D eigenvalue weighted by Gasteiger charge is -2.19. The maximum Gasteiger partial charge on any atom is 0.224 e. The zero-order valence-electron chi connectivity index (χ0n) is 15.5. The number of nitrogen functional groups attached to an aromatic ring is 1. The molecular weight excluding hydrogens is 358 g/mol. The van der Waals surface area contributed by atoms with Gasteiger partial charge >= 0.3 is 0 Å². The van der Waals surface area contributed by atoms with Crippen LogP contribution in [0.3, 0.4) is 0 Å². The summed E-state index contributed by atoms with van der Waals surface area (Å²) in [5.74, 6) is 2.22. The lowest BCUT2D eigenvalue weighted by atomic mass is 9.87. The van der Waals surface area contributed by atoms with Crippen LogP contribution >= 0.6 is 11.8 Å². The van der Waals surface area contributed by atoms with Gasteiger partial charge in [0, 0.05) is 11.8 Å². The molecule has 0 amide bonds. The van der Waals surface area contributed by atoms with Gasteiger partial charge in [0.1, 0.15) is 5.03 Å². The molecule has 0 saturated heterocycles. The van der Waals surface area contributed by atoms with Gasteiger partial charge in [0.2, 0.25) is 11.8 Å². The van der Waals surface area contributed by atoms with Crippen molar-refractivity contribution in [1.82, 2.24) is 19.6 Å². The predicted molar refractivity (Wildman–Crippen MR) is 108 cm³/mol. The van der Waals surface area contributed by atoms with Crippen LogP contribution in [-0.2, 0) is 11.2 Å². The molecule has 0 radical (unpaired) electrons. The van der Waals surface area contributed by atoms with E-state index in [1.54, 1.807) is 24.1 Å². The third-order valence-corrected chi connectivity index (χ3v) is 5.26. The van der Waals surface area contributed by atoms with Crippen molar-refractivity contribution in [3.05, 3.63) is 59.9 Å². The zero-order valence-corrected chi connectivity index (χ0v) is 16.3. The number of furan rings is 1. The van der Waals surface area contributed by atoms with Gasteiger partial charge in [-0.1, -0.05) is 45.0 Å². The summed E-state index contributed by atoms with van der Waals surface area (Å²) in [5.41, 5.74) is 9.45. The van der Waals surface area contributed by atoms with Gasteiger partial charge in [0.05, 0.1) is 6.26 Å². The molecule has 4 aromatic rings. The van der Waals surface area contributed by atoms with Gasteiger partial charge in [-0.3, -0.25) is 0 Å². The molecule has 0 atom stereocenters. The number of aromatic nitrogens is 4. The molecule has 0 aliphatic rings. The third-order valence-electron chi connectivity index (χ3n) is 4.27. The van der Waals surface area contributed by atoms with Crippen molar-refractivity contribution in [2.75, 3.05) is 5.73 Å². The molecule has 27 heavy (non-hydrogen) atoms. The van der Waals surface area contributed by atoms with Crippen molar-refractivity contribution < 1.29 is 4.42 Å². The SMILES string of the molecule is CC(C)(C)c1ccc(CSc2cc3nc(-c4ccco4)nn3c(N)n2)cc1. The summed E-state index contributed by atoms with van der Waals surface area (Å²) in [5, 5.41) is 5.18. The highest BCUT2D eigenvalue weighted by Gasteiger charge is 2.14. The molecule has 0 aliphatic carbocycles. The number of hydrogen-bond donors (Lipinski definition) is 1. The van der Waals surface area contributed by atoms with Crippen LogP contribution in [0.4, 0.5) is 5.95 Å². The van der Waals surface area contributed by atoms with E-state index >= 15 is 0 Å². The molecule has 0 fully saturated rings. The summed E-state index contributed by atoms with van der Waals surface area (Å²) in [6.07, 6.45) is 1.59. The van der Waals surface area contributed by atoms with Crippen molar-refractivity contribution in [3.63, 3.8) is 0 Å². The average Bonchev–Trinajstić information content (AvgIpc) is 3.29. The van der Waals surface area contributed by atoms with Crippen LogP contribution in [0.2, 0.25) is 0 Å². The summed E-state index contributed by atoms with van der Waals surface area (Å²) in [7, 11) is 0. The monoisotopic (exact) mass is 379 g/mol. The van der Waals surface area contributed by atoms with Crippen LogP contribution in [0.1, 0.15) is 31.9 Å². The molecule has 1 aromatic carbocycles. The molecule has 0 spiro atoms. The minimum Gasteiger partial charge on any atom is -0.461 e. The van der Waals surface area contributed by atoms with E-state index in [0.717, 1.165) is 10.8 Å². The Morgan fingerprint density at radius 3 is 2.56 bits per heavy atom. The maximum atomic E-state index is 6.07. The number of nitrogens with two attached hydrogens (primary N) is 1. The second kappa shape index (κ2) is 6.74. The Kier molecular flexibility index (Phi) is 4.39. The number of nitrogens with zero attached hydrogens (tertiary/aromatic N) is 4. The van der Waals surface area contributed by atoms with E-state index in [2.05, 4.69) is 60.1 Å². The minimum atomic E-state index is 0.159. The number of anilines is 1. The molecule has 3 heterocycles. The number of hydrogen-bond acceptors (Lipinski definition) is 6. The molecule has 0 saturated carbocycles. The van der Waals surface area contributed by atoms with Crippen molar-refractivity contribution in [2.24, 2.45) is 0 Å². The minimum absolute atomic E-state index is 0.159. The van der Waals surface area contributed by atoms with Crippen LogP contribution in [0, 0.1) is 0 Å². The van der Waals surface area contributed by atoms with Crippen molar-refractivity contribution in [1.29, 1.82) is 0 Å². The van der Waals surface area contributed by atoms with E-state index in [1.807, 2.05) is 12.1 Å². The Morgan fingerprint density at radius 1 is 1.11 bits per heavy atom. The van der Waals surface area contributed by atoms with Gasteiger partial charge in [0.15, 0.2) is 11.4 Å². The summed E-state index contributed by atoms with van der Waals surface area (Å²) in [4.78, 5) is 8.93. The van der Waals surface area contributed by atoms with Crippen LogP contribution in [0.15, 0.2) is 58.2 Å². The smallest absolute Gasteiger partial charge is 0.224 e. The Balaban J connectivity index is 1.54. The number of fused-ring (bicyclic) bond motifs is 1. The normalized spacial score (nSPS) is 12.0. The standard InChI is InChI=1S/C20H21N5OS/c1-20(2,3)14-8-6-13(7-9-14)12-27-17-11-16-22-18(15-5-4-10-26-15)24-25(16)19(21)23-17/h4-11H,12H2,1-3H3,(H2,21,23). The number of benzene rings is 1. The quantitative estimate of drug-likeness (QED) is 0.413. The first-order valence-corrected chi connectivity index (χ1v) is 9.68. The van der Waals surface area contributed by atoms with Crippen LogP contribution in [0.5, 0.6) is 0 Å². The molecule has 0 unspecified atom stereocenters. The summed E-state index contributed by atoms with van der Waals surface area (Å²) < 4.78 is 6.88. The second-order valence-corrected chi connectivity index (χ2v) is 8.37. The fourth-order valence-corrected chi connectivity index (χ4v) is 3.59. The zero-order chi connectivity index (χ0) is 19.0. The average molecular weight is 379 g/mol. The van der Waals surface area contributed by atoms with E-state index in [0.29, 0.717) is 23.2 Å². The Bertz CT molecular complexity index is 1060.